The highest BCUT2D eigenvalue weighted by atomic mass is 32.2. The summed E-state index contributed by atoms with van der Waals surface area (Å²) in [5, 5.41) is 11.2. The maximum Gasteiger partial charge on any atom is 0.323 e. The molecule has 5 nitrogen and oxygen atoms in total. The Morgan fingerprint density at radius 2 is 2.06 bits per heavy atom. The van der Waals surface area contributed by atoms with E-state index >= 15 is 0 Å². The number of urea groups is 1. The van der Waals surface area contributed by atoms with E-state index in [2.05, 4.69) is 17.2 Å². The van der Waals surface area contributed by atoms with Crippen LogP contribution in [0.2, 0.25) is 0 Å². The topological polar surface area (TPSA) is 69.6 Å². The summed E-state index contributed by atoms with van der Waals surface area (Å²) >= 11 is 1.51. The molecule has 0 aliphatic heterocycles. The van der Waals surface area contributed by atoms with Crippen LogP contribution in [0.25, 0.3) is 0 Å². The van der Waals surface area contributed by atoms with E-state index in [-0.39, 0.29) is 6.54 Å². The largest absolute Gasteiger partial charge is 0.480 e. The highest BCUT2D eigenvalue weighted by Gasteiger charge is 2.14. The summed E-state index contributed by atoms with van der Waals surface area (Å²) in [5.74, 6) is 4.85. The second-order valence-corrected chi connectivity index (χ2v) is 4.05. The number of hydrogen-bond donors (Lipinski definition) is 2. The Kier molecular flexibility index (Phi) is 8.44. The van der Waals surface area contributed by atoms with Gasteiger partial charge >= 0.3 is 12.0 Å². The molecule has 92 valence electrons. The third-order valence-corrected chi connectivity index (χ3v) is 2.47. The third-order valence-electron chi connectivity index (χ3n) is 1.60. The molecule has 0 rings (SSSR count). The van der Waals surface area contributed by atoms with Crippen molar-refractivity contribution in [3.05, 3.63) is 0 Å². The lowest BCUT2D eigenvalue weighted by molar-refractivity contribution is -0.137. The first-order chi connectivity index (χ1) is 8.11. The van der Waals surface area contributed by atoms with Crippen molar-refractivity contribution in [2.45, 2.75) is 0 Å². The van der Waals surface area contributed by atoms with Crippen molar-refractivity contribution < 1.29 is 14.7 Å². The zero-order valence-corrected chi connectivity index (χ0v) is 10.1. The smallest absolute Gasteiger partial charge is 0.323 e. The molecule has 0 aromatic rings. The van der Waals surface area contributed by atoms with Crippen molar-refractivity contribution in [3.63, 3.8) is 0 Å². The summed E-state index contributed by atoms with van der Waals surface area (Å²) in [6.07, 6.45) is 10.1. The molecule has 0 aliphatic carbocycles. The average molecular weight is 254 g/mol. The molecule has 0 saturated heterocycles. The number of carbonyl (C=O) groups is 2. The number of carboxylic acids is 1. The Morgan fingerprint density at radius 3 is 2.59 bits per heavy atom. The Hall–Kier alpha value is -1.79. The standard InChI is InChI=1S/C11H14N2O3S/c1-3-6-13(9-10(14)15)11(16)12-5-8-17-7-4-2/h1-2H,5-9H2,(H,12,16)(H,14,15). The molecule has 0 unspecified atom stereocenters. The molecule has 0 heterocycles. The second kappa shape index (κ2) is 9.44. The van der Waals surface area contributed by atoms with E-state index < -0.39 is 18.5 Å². The van der Waals surface area contributed by atoms with Gasteiger partial charge in [0.1, 0.15) is 6.54 Å². The van der Waals surface area contributed by atoms with E-state index in [4.69, 9.17) is 18.0 Å². The molecule has 0 bridgehead atoms. The molecule has 0 aliphatic rings. The van der Waals surface area contributed by atoms with Crippen molar-refractivity contribution in [1.82, 2.24) is 10.2 Å². The van der Waals surface area contributed by atoms with Gasteiger partial charge in [-0.15, -0.1) is 24.6 Å². The zero-order valence-electron chi connectivity index (χ0n) is 9.31. The van der Waals surface area contributed by atoms with Gasteiger partial charge in [0.2, 0.25) is 0 Å². The van der Waals surface area contributed by atoms with Gasteiger partial charge in [-0.2, -0.15) is 0 Å². The molecule has 0 saturated carbocycles. The van der Waals surface area contributed by atoms with Crippen LogP contribution in [0, 0.1) is 24.7 Å². The minimum atomic E-state index is -1.10. The molecule has 0 atom stereocenters. The number of nitrogens with one attached hydrogen (secondary N) is 1. The van der Waals surface area contributed by atoms with E-state index in [1.54, 1.807) is 0 Å². The molecule has 0 fully saturated rings. The number of aliphatic carboxylic acids is 1. The van der Waals surface area contributed by atoms with Gasteiger partial charge in [-0.3, -0.25) is 4.79 Å². The summed E-state index contributed by atoms with van der Waals surface area (Å²) in [4.78, 5) is 23.0. The molecule has 17 heavy (non-hydrogen) atoms. The van der Waals surface area contributed by atoms with Crippen LogP contribution in [-0.2, 0) is 4.79 Å². The minimum absolute atomic E-state index is 0.0321. The lowest BCUT2D eigenvalue weighted by Crippen LogP contribution is -2.43. The second-order valence-electron chi connectivity index (χ2n) is 2.94. The summed E-state index contributed by atoms with van der Waals surface area (Å²) in [5.41, 5.74) is 0. The summed E-state index contributed by atoms with van der Waals surface area (Å²) < 4.78 is 0. The Labute approximate surface area is 105 Å². The molecule has 2 amide bonds. The monoisotopic (exact) mass is 254 g/mol. The summed E-state index contributed by atoms with van der Waals surface area (Å²) in [6, 6.07) is -0.480. The van der Waals surface area contributed by atoms with E-state index in [9.17, 15) is 9.59 Å². The van der Waals surface area contributed by atoms with Gasteiger partial charge in [-0.1, -0.05) is 11.8 Å². The van der Waals surface area contributed by atoms with Gasteiger partial charge in [-0.25, -0.2) is 4.79 Å². The lowest BCUT2D eigenvalue weighted by Gasteiger charge is -2.18. The van der Waals surface area contributed by atoms with Gasteiger partial charge in [0.05, 0.1) is 12.3 Å². The van der Waals surface area contributed by atoms with Gasteiger partial charge in [-0.05, 0) is 0 Å². The number of terminal acetylenes is 2. The van der Waals surface area contributed by atoms with Crippen LogP contribution in [0.3, 0.4) is 0 Å². The zero-order chi connectivity index (χ0) is 13.1. The maximum atomic E-state index is 11.5. The van der Waals surface area contributed by atoms with Crippen molar-refractivity contribution in [2.24, 2.45) is 0 Å². The van der Waals surface area contributed by atoms with E-state index in [1.165, 1.54) is 11.8 Å². The van der Waals surface area contributed by atoms with E-state index in [0.717, 1.165) is 4.90 Å². The van der Waals surface area contributed by atoms with Crippen LogP contribution in [0.1, 0.15) is 0 Å². The normalized spacial score (nSPS) is 8.82. The quantitative estimate of drug-likeness (QED) is 0.499. The molecule has 0 aromatic carbocycles. The average Bonchev–Trinajstić information content (AvgIpc) is 2.27. The number of carboxylic acid groups (broad SMARTS) is 1. The first-order valence-electron chi connectivity index (χ1n) is 4.81. The third kappa shape index (κ3) is 8.06. The fourth-order valence-electron chi connectivity index (χ4n) is 0.946. The molecule has 0 aromatic heterocycles. The van der Waals surface area contributed by atoms with Crippen LogP contribution in [-0.4, -0.2) is 53.1 Å². The predicted molar refractivity (Wildman–Crippen MR) is 67.6 cm³/mol. The van der Waals surface area contributed by atoms with Crippen molar-refractivity contribution in [1.29, 1.82) is 0 Å². The van der Waals surface area contributed by atoms with Crippen LogP contribution < -0.4 is 5.32 Å². The predicted octanol–water partition coefficient (Wildman–Crippen LogP) is 0.0822. The molecule has 0 spiro atoms. The van der Waals surface area contributed by atoms with Gasteiger partial charge in [0.15, 0.2) is 0 Å². The molecule has 6 heteroatoms. The van der Waals surface area contributed by atoms with E-state index in [1.807, 2.05) is 0 Å². The van der Waals surface area contributed by atoms with Gasteiger partial charge in [0, 0.05) is 12.3 Å². The minimum Gasteiger partial charge on any atom is -0.480 e. The molecular formula is C11H14N2O3S. The first kappa shape index (κ1) is 15.2. The summed E-state index contributed by atoms with van der Waals surface area (Å²) in [7, 11) is 0. The Bertz CT molecular complexity index is 344. The number of thioether (sulfide) groups is 1. The molecular weight excluding hydrogens is 240 g/mol. The highest BCUT2D eigenvalue weighted by molar-refractivity contribution is 7.99. The van der Waals surface area contributed by atoms with Crippen LogP contribution in [0.5, 0.6) is 0 Å². The fourth-order valence-corrected chi connectivity index (χ4v) is 1.45. The van der Waals surface area contributed by atoms with Crippen LogP contribution in [0.4, 0.5) is 4.79 Å². The maximum absolute atomic E-state index is 11.5. The Balaban J connectivity index is 3.94. The molecule has 0 radical (unpaired) electrons. The number of hydrogen-bond acceptors (Lipinski definition) is 3. The van der Waals surface area contributed by atoms with Crippen molar-refractivity contribution in [2.75, 3.05) is 31.1 Å². The number of carbonyl (C=O) groups excluding carboxylic acids is 1. The lowest BCUT2D eigenvalue weighted by atomic mass is 10.5. The first-order valence-corrected chi connectivity index (χ1v) is 5.96. The van der Waals surface area contributed by atoms with Crippen LogP contribution >= 0.6 is 11.8 Å². The van der Waals surface area contributed by atoms with Crippen LogP contribution in [0.15, 0.2) is 0 Å². The highest BCUT2D eigenvalue weighted by Crippen LogP contribution is 1.96. The SMILES string of the molecule is C#CCSCCNC(=O)N(CC#C)CC(=O)O. The number of amides is 2. The fraction of sp³-hybridized carbons (Fsp3) is 0.455. The Morgan fingerprint density at radius 1 is 1.35 bits per heavy atom. The van der Waals surface area contributed by atoms with Crippen molar-refractivity contribution in [3.8, 4) is 24.7 Å². The molecule has 2 N–H and O–H groups in total. The number of rotatable bonds is 7. The van der Waals surface area contributed by atoms with Gasteiger partial charge in [0.25, 0.3) is 0 Å². The van der Waals surface area contributed by atoms with Crippen molar-refractivity contribution >= 4 is 23.8 Å². The summed E-state index contributed by atoms with van der Waals surface area (Å²) in [6.45, 7) is -0.0188. The van der Waals surface area contributed by atoms with E-state index in [0.29, 0.717) is 18.1 Å². The van der Waals surface area contributed by atoms with Gasteiger partial charge < -0.3 is 15.3 Å². The number of nitrogens with zero attached hydrogens (tertiary/aromatic N) is 1.